The number of nitrogens with zero attached hydrogens (tertiary/aromatic N) is 2. The van der Waals surface area contributed by atoms with E-state index in [2.05, 4.69) is 5.32 Å². The van der Waals surface area contributed by atoms with Crippen molar-refractivity contribution in [3.63, 3.8) is 0 Å². The number of benzene rings is 4. The van der Waals surface area contributed by atoms with Crippen molar-refractivity contribution in [1.29, 1.82) is 0 Å². The second-order valence-corrected chi connectivity index (χ2v) is 13.8. The average molecular weight is 692 g/mol. The molecule has 0 radical (unpaired) electrons. The lowest BCUT2D eigenvalue weighted by atomic mass is 10.0. The quantitative estimate of drug-likeness (QED) is 0.156. The molecule has 0 aliphatic heterocycles. The molecule has 0 aliphatic rings. The molecule has 0 aliphatic carbocycles. The zero-order valence-corrected chi connectivity index (χ0v) is 29.5. The molecule has 0 aromatic heterocycles. The summed E-state index contributed by atoms with van der Waals surface area (Å²) in [4.78, 5) is 29.8. The molecular formula is C37H42ClN3O6S. The third kappa shape index (κ3) is 8.87. The maximum atomic E-state index is 14.7. The number of anilines is 1. The van der Waals surface area contributed by atoms with E-state index in [0.717, 1.165) is 21.0 Å². The fourth-order valence-electron chi connectivity index (χ4n) is 5.46. The van der Waals surface area contributed by atoms with Gasteiger partial charge in [0.1, 0.15) is 12.6 Å². The summed E-state index contributed by atoms with van der Waals surface area (Å²) < 4.78 is 40.8. The highest BCUT2D eigenvalue weighted by Gasteiger charge is 2.35. The first kappa shape index (κ1) is 36.3. The van der Waals surface area contributed by atoms with Crippen LogP contribution in [0, 0.1) is 13.8 Å². The molecule has 48 heavy (non-hydrogen) atoms. The summed E-state index contributed by atoms with van der Waals surface area (Å²) in [6.45, 7) is 5.47. The molecule has 0 spiro atoms. The number of ether oxygens (including phenoxy) is 2. The summed E-state index contributed by atoms with van der Waals surface area (Å²) in [6, 6.07) is 25.2. The van der Waals surface area contributed by atoms with Crippen molar-refractivity contribution < 1.29 is 27.5 Å². The molecule has 1 N–H and O–H groups in total. The van der Waals surface area contributed by atoms with Gasteiger partial charge >= 0.3 is 0 Å². The van der Waals surface area contributed by atoms with Gasteiger partial charge in [-0.3, -0.25) is 13.9 Å². The van der Waals surface area contributed by atoms with E-state index in [1.54, 1.807) is 36.4 Å². The van der Waals surface area contributed by atoms with E-state index in [4.69, 9.17) is 21.1 Å². The van der Waals surface area contributed by atoms with E-state index in [0.29, 0.717) is 35.0 Å². The van der Waals surface area contributed by atoms with Crippen molar-refractivity contribution in [2.45, 2.75) is 51.1 Å². The van der Waals surface area contributed by atoms with E-state index < -0.39 is 28.5 Å². The molecule has 0 saturated carbocycles. The molecule has 4 aromatic carbocycles. The first-order valence-corrected chi connectivity index (χ1v) is 17.5. The molecular weight excluding hydrogens is 650 g/mol. The number of rotatable bonds is 15. The summed E-state index contributed by atoms with van der Waals surface area (Å²) in [6.07, 6.45) is 0.908. The van der Waals surface area contributed by atoms with Crippen molar-refractivity contribution in [2.24, 2.45) is 0 Å². The Morgan fingerprint density at radius 1 is 0.854 bits per heavy atom. The second kappa shape index (κ2) is 16.5. The smallest absolute Gasteiger partial charge is 0.264 e. The van der Waals surface area contributed by atoms with Crippen LogP contribution in [0.2, 0.25) is 5.02 Å². The molecule has 0 fully saturated rings. The van der Waals surface area contributed by atoms with Gasteiger partial charge < -0.3 is 19.7 Å². The Hall–Kier alpha value is -4.54. The van der Waals surface area contributed by atoms with E-state index in [9.17, 15) is 18.0 Å². The first-order valence-electron chi connectivity index (χ1n) is 15.7. The molecule has 11 heteroatoms. The van der Waals surface area contributed by atoms with Crippen LogP contribution in [-0.2, 0) is 32.6 Å². The van der Waals surface area contributed by atoms with Gasteiger partial charge in [0.25, 0.3) is 10.0 Å². The number of halogens is 1. The summed E-state index contributed by atoms with van der Waals surface area (Å²) in [5.41, 5.74) is 3.41. The van der Waals surface area contributed by atoms with Crippen LogP contribution in [-0.4, -0.2) is 58.5 Å². The lowest BCUT2D eigenvalue weighted by molar-refractivity contribution is -0.140. The van der Waals surface area contributed by atoms with Gasteiger partial charge in [-0.15, -0.1) is 0 Å². The molecule has 4 rings (SSSR count). The van der Waals surface area contributed by atoms with Crippen LogP contribution in [0.3, 0.4) is 0 Å². The molecule has 9 nitrogen and oxygen atoms in total. The van der Waals surface area contributed by atoms with E-state index in [-0.39, 0.29) is 29.5 Å². The normalized spacial score (nSPS) is 11.8. The van der Waals surface area contributed by atoms with Gasteiger partial charge in [-0.2, -0.15) is 0 Å². The maximum Gasteiger partial charge on any atom is 0.264 e. The summed E-state index contributed by atoms with van der Waals surface area (Å²) in [5.74, 6) is -0.341. The van der Waals surface area contributed by atoms with Gasteiger partial charge in [0, 0.05) is 30.6 Å². The number of aryl methyl sites for hydroxylation is 2. The molecule has 0 saturated heterocycles. The maximum absolute atomic E-state index is 14.7. The van der Waals surface area contributed by atoms with Gasteiger partial charge in [0.2, 0.25) is 11.8 Å². The standard InChI is InChI=1S/C37H42ClN3O6S/c1-6-18-39-37(43)33(22-28-12-8-7-9-13-28)40(24-29-14-10-11-15-32(29)38)36(42)25-41(30-20-26(2)19-27(3)21-30)48(44,45)31-16-17-34(46-4)35(23-31)47-5/h7-17,19-21,23,33H,6,18,22,24-25H2,1-5H3,(H,39,43)/t33-/m1/s1. The van der Waals surface area contributed by atoms with Crippen molar-refractivity contribution in [1.82, 2.24) is 10.2 Å². The molecule has 1 atom stereocenters. The van der Waals surface area contributed by atoms with Crippen molar-refractivity contribution in [3.8, 4) is 11.5 Å². The van der Waals surface area contributed by atoms with Crippen LogP contribution in [0.15, 0.2) is 95.9 Å². The Balaban J connectivity index is 1.85. The van der Waals surface area contributed by atoms with Crippen LogP contribution in [0.1, 0.15) is 35.6 Å². The van der Waals surface area contributed by atoms with Crippen LogP contribution >= 0.6 is 11.6 Å². The minimum absolute atomic E-state index is 0.0212. The Morgan fingerprint density at radius 3 is 2.12 bits per heavy atom. The Morgan fingerprint density at radius 2 is 1.50 bits per heavy atom. The van der Waals surface area contributed by atoms with E-state index in [1.165, 1.54) is 37.3 Å². The number of methoxy groups -OCH3 is 2. The van der Waals surface area contributed by atoms with Crippen LogP contribution in [0.25, 0.3) is 0 Å². The van der Waals surface area contributed by atoms with E-state index >= 15 is 0 Å². The lowest BCUT2D eigenvalue weighted by Gasteiger charge is -2.34. The fourth-order valence-corrected chi connectivity index (χ4v) is 7.07. The number of hydrogen-bond acceptors (Lipinski definition) is 6. The Bertz CT molecular complexity index is 1810. The van der Waals surface area contributed by atoms with Gasteiger partial charge in [-0.1, -0.05) is 73.1 Å². The number of amides is 2. The molecule has 254 valence electrons. The van der Waals surface area contributed by atoms with Crippen molar-refractivity contribution >= 4 is 39.1 Å². The Labute approximate surface area is 288 Å². The third-order valence-corrected chi connectivity index (χ3v) is 9.97. The number of nitrogens with one attached hydrogen (secondary N) is 1. The lowest BCUT2D eigenvalue weighted by Crippen LogP contribution is -2.53. The predicted octanol–water partition coefficient (Wildman–Crippen LogP) is 6.34. The highest BCUT2D eigenvalue weighted by atomic mass is 35.5. The number of sulfonamides is 1. The van der Waals surface area contributed by atoms with Gasteiger partial charge in [-0.05, 0) is 72.9 Å². The first-order chi connectivity index (χ1) is 23.0. The van der Waals surface area contributed by atoms with Crippen LogP contribution in [0.4, 0.5) is 5.69 Å². The third-order valence-electron chi connectivity index (χ3n) is 7.84. The van der Waals surface area contributed by atoms with Crippen LogP contribution in [0.5, 0.6) is 11.5 Å². The predicted molar refractivity (Wildman–Crippen MR) is 189 cm³/mol. The van der Waals surface area contributed by atoms with Gasteiger partial charge in [0.05, 0.1) is 24.8 Å². The molecule has 4 aromatic rings. The Kier molecular flexibility index (Phi) is 12.5. The minimum atomic E-state index is -4.35. The summed E-state index contributed by atoms with van der Waals surface area (Å²) >= 11 is 6.58. The highest BCUT2D eigenvalue weighted by molar-refractivity contribution is 7.92. The van der Waals surface area contributed by atoms with Gasteiger partial charge in [0.15, 0.2) is 11.5 Å². The van der Waals surface area contributed by atoms with Crippen molar-refractivity contribution in [2.75, 3.05) is 31.6 Å². The largest absolute Gasteiger partial charge is 0.493 e. The summed E-state index contributed by atoms with van der Waals surface area (Å²) in [7, 11) is -1.47. The fraction of sp³-hybridized carbons (Fsp3) is 0.297. The summed E-state index contributed by atoms with van der Waals surface area (Å²) in [5, 5.41) is 3.37. The highest BCUT2D eigenvalue weighted by Crippen LogP contribution is 2.33. The van der Waals surface area contributed by atoms with Crippen molar-refractivity contribution in [3.05, 3.63) is 118 Å². The molecule has 0 unspecified atom stereocenters. The zero-order valence-electron chi connectivity index (χ0n) is 27.9. The molecule has 0 heterocycles. The number of hydrogen-bond donors (Lipinski definition) is 1. The minimum Gasteiger partial charge on any atom is -0.493 e. The van der Waals surface area contributed by atoms with Crippen LogP contribution < -0.4 is 19.1 Å². The van der Waals surface area contributed by atoms with E-state index in [1.807, 2.05) is 57.2 Å². The monoisotopic (exact) mass is 691 g/mol. The van der Waals surface area contributed by atoms with Gasteiger partial charge in [-0.25, -0.2) is 8.42 Å². The topological polar surface area (TPSA) is 105 Å². The molecule has 0 bridgehead atoms. The second-order valence-electron chi connectivity index (χ2n) is 11.5. The number of carbonyl (C=O) groups excluding carboxylic acids is 2. The average Bonchev–Trinajstić information content (AvgIpc) is 3.07. The molecule has 2 amide bonds. The SMILES string of the molecule is CCCNC(=O)[C@@H](Cc1ccccc1)N(Cc1ccccc1Cl)C(=O)CN(c1cc(C)cc(C)c1)S(=O)(=O)c1ccc(OC)c(OC)c1. The zero-order chi connectivity index (χ0) is 34.8. The number of carbonyl (C=O) groups is 2.